The Bertz CT molecular complexity index is 834. The first-order chi connectivity index (χ1) is 12.3. The Morgan fingerprint density at radius 2 is 2.23 bits per heavy atom. The maximum atomic E-state index is 12.3. The summed E-state index contributed by atoms with van der Waals surface area (Å²) in [6.45, 7) is 2.50. The number of carbonyl (C=O) groups excluding carboxylic acids is 1. The zero-order valence-electron chi connectivity index (χ0n) is 14.5. The molecule has 2 N–H and O–H groups in total. The highest BCUT2D eigenvalue weighted by atomic mass is 35.5. The lowest BCUT2D eigenvalue weighted by Crippen LogP contribution is -2.32. The molecule has 1 aromatic carbocycles. The smallest absolute Gasteiger partial charge is 0.271 e. The number of nitrogens with zero attached hydrogens (tertiary/aromatic N) is 2. The van der Waals surface area contributed by atoms with E-state index in [9.17, 15) is 4.79 Å². The van der Waals surface area contributed by atoms with Gasteiger partial charge in [-0.2, -0.15) is 5.10 Å². The number of hydrogen-bond acceptors (Lipinski definition) is 4. The van der Waals surface area contributed by atoms with Gasteiger partial charge in [-0.25, -0.2) is 0 Å². The van der Waals surface area contributed by atoms with Crippen LogP contribution in [0.2, 0.25) is 0 Å². The van der Waals surface area contributed by atoms with E-state index in [1.54, 1.807) is 6.07 Å². The summed E-state index contributed by atoms with van der Waals surface area (Å²) >= 11 is 0. The van der Waals surface area contributed by atoms with E-state index < -0.39 is 0 Å². The van der Waals surface area contributed by atoms with Crippen LogP contribution in [0.25, 0.3) is 11.0 Å². The number of halogens is 1. The summed E-state index contributed by atoms with van der Waals surface area (Å²) in [6.07, 6.45) is 4.80. The topological polar surface area (TPSA) is 72.1 Å². The fourth-order valence-electron chi connectivity index (χ4n) is 3.27. The highest BCUT2D eigenvalue weighted by Crippen LogP contribution is 2.19. The van der Waals surface area contributed by atoms with Gasteiger partial charge in [0.25, 0.3) is 5.91 Å². The predicted octanol–water partition coefficient (Wildman–Crippen LogP) is 2.95. The van der Waals surface area contributed by atoms with Gasteiger partial charge in [0, 0.05) is 31.1 Å². The summed E-state index contributed by atoms with van der Waals surface area (Å²) < 4.78 is 7.66. The lowest BCUT2D eigenvalue weighted by atomic mass is 10.1. The average molecular weight is 375 g/mol. The molecule has 0 bridgehead atoms. The van der Waals surface area contributed by atoms with Crippen molar-refractivity contribution in [2.45, 2.75) is 25.3 Å². The molecule has 4 rings (SSSR count). The molecule has 1 fully saturated rings. The first kappa shape index (κ1) is 18.5. The molecule has 1 saturated heterocycles. The average Bonchev–Trinajstić information content (AvgIpc) is 3.29. The SMILES string of the molecule is Cl.O=C(NCCc1cc2ccccc2o1)c1ccn(C2CCCNC2)n1. The molecule has 1 amide bonds. The Morgan fingerprint density at radius 1 is 1.35 bits per heavy atom. The van der Waals surface area contributed by atoms with Crippen LogP contribution in [0.5, 0.6) is 0 Å². The van der Waals surface area contributed by atoms with Crippen molar-refractivity contribution >= 4 is 29.3 Å². The largest absolute Gasteiger partial charge is 0.461 e. The van der Waals surface area contributed by atoms with Crippen molar-refractivity contribution in [1.82, 2.24) is 20.4 Å². The molecule has 6 nitrogen and oxygen atoms in total. The molecule has 2 aromatic heterocycles. The van der Waals surface area contributed by atoms with Crippen molar-refractivity contribution < 1.29 is 9.21 Å². The quantitative estimate of drug-likeness (QED) is 0.720. The van der Waals surface area contributed by atoms with E-state index in [0.29, 0.717) is 24.7 Å². The Balaban J connectivity index is 0.00000196. The van der Waals surface area contributed by atoms with E-state index in [0.717, 1.165) is 42.7 Å². The van der Waals surface area contributed by atoms with E-state index in [1.807, 2.05) is 41.2 Å². The van der Waals surface area contributed by atoms with Gasteiger partial charge in [0.2, 0.25) is 0 Å². The molecule has 0 spiro atoms. The zero-order valence-corrected chi connectivity index (χ0v) is 15.3. The summed E-state index contributed by atoms with van der Waals surface area (Å²) in [5.74, 6) is 0.735. The minimum absolute atomic E-state index is 0. The van der Waals surface area contributed by atoms with Gasteiger partial charge in [0.05, 0.1) is 6.04 Å². The van der Waals surface area contributed by atoms with E-state index in [1.165, 1.54) is 0 Å². The summed E-state index contributed by atoms with van der Waals surface area (Å²) in [5.41, 5.74) is 1.35. The first-order valence-corrected chi connectivity index (χ1v) is 8.81. The molecule has 3 heterocycles. The Kier molecular flexibility index (Phi) is 5.96. The number of piperidine rings is 1. The second-order valence-corrected chi connectivity index (χ2v) is 6.44. The molecule has 3 aromatic rings. The van der Waals surface area contributed by atoms with Gasteiger partial charge in [-0.1, -0.05) is 18.2 Å². The number of rotatable bonds is 5. The first-order valence-electron chi connectivity index (χ1n) is 8.81. The van der Waals surface area contributed by atoms with Crippen molar-refractivity contribution in [2.75, 3.05) is 19.6 Å². The van der Waals surface area contributed by atoms with Gasteiger partial charge < -0.3 is 15.1 Å². The number of fused-ring (bicyclic) bond motifs is 1. The van der Waals surface area contributed by atoms with Gasteiger partial charge in [-0.3, -0.25) is 9.48 Å². The Morgan fingerprint density at radius 3 is 3.04 bits per heavy atom. The normalized spacial score (nSPS) is 17.0. The fraction of sp³-hybridized carbons (Fsp3) is 0.368. The molecule has 1 atom stereocenters. The van der Waals surface area contributed by atoms with Gasteiger partial charge in [-0.05, 0) is 37.6 Å². The van der Waals surface area contributed by atoms with Crippen molar-refractivity contribution in [3.8, 4) is 0 Å². The van der Waals surface area contributed by atoms with Crippen LogP contribution in [0.4, 0.5) is 0 Å². The van der Waals surface area contributed by atoms with E-state index in [2.05, 4.69) is 15.7 Å². The standard InChI is InChI=1S/C19H22N4O2.ClH/c24-19(17-8-11-23(22-17)15-5-3-9-20-13-15)21-10-7-16-12-14-4-1-2-6-18(14)25-16;/h1-2,4,6,8,11-12,15,20H,3,5,7,9-10,13H2,(H,21,24);1H. The van der Waals surface area contributed by atoms with Gasteiger partial charge in [0.15, 0.2) is 0 Å². The summed E-state index contributed by atoms with van der Waals surface area (Å²) in [7, 11) is 0. The number of furan rings is 1. The van der Waals surface area contributed by atoms with Crippen LogP contribution in [0.15, 0.2) is 47.0 Å². The molecular weight excluding hydrogens is 352 g/mol. The number of benzene rings is 1. The maximum Gasteiger partial charge on any atom is 0.271 e. The Labute approximate surface area is 158 Å². The van der Waals surface area contributed by atoms with E-state index >= 15 is 0 Å². The molecule has 1 aliphatic heterocycles. The monoisotopic (exact) mass is 374 g/mol. The third kappa shape index (κ3) is 4.08. The van der Waals surface area contributed by atoms with Crippen LogP contribution in [-0.4, -0.2) is 35.3 Å². The van der Waals surface area contributed by atoms with Crippen molar-refractivity contribution in [1.29, 1.82) is 0 Å². The van der Waals surface area contributed by atoms with Gasteiger partial charge >= 0.3 is 0 Å². The molecule has 1 aliphatic rings. The summed E-state index contributed by atoms with van der Waals surface area (Å²) in [4.78, 5) is 12.3. The molecule has 0 radical (unpaired) electrons. The van der Waals surface area contributed by atoms with Crippen LogP contribution in [0.1, 0.15) is 35.1 Å². The molecule has 138 valence electrons. The second kappa shape index (κ2) is 8.38. The third-order valence-electron chi connectivity index (χ3n) is 4.62. The number of hydrogen-bond donors (Lipinski definition) is 2. The molecule has 26 heavy (non-hydrogen) atoms. The predicted molar refractivity (Wildman–Crippen MR) is 103 cm³/mol. The fourth-order valence-corrected chi connectivity index (χ4v) is 3.27. The van der Waals surface area contributed by atoms with Crippen LogP contribution in [0, 0.1) is 0 Å². The van der Waals surface area contributed by atoms with Crippen LogP contribution in [-0.2, 0) is 6.42 Å². The number of aromatic nitrogens is 2. The zero-order chi connectivity index (χ0) is 17.1. The molecular formula is C19H23ClN4O2. The van der Waals surface area contributed by atoms with Crippen LogP contribution in [0.3, 0.4) is 0 Å². The van der Waals surface area contributed by atoms with E-state index in [4.69, 9.17) is 4.42 Å². The number of nitrogens with one attached hydrogen (secondary N) is 2. The minimum Gasteiger partial charge on any atom is -0.461 e. The highest BCUT2D eigenvalue weighted by molar-refractivity contribution is 5.92. The number of para-hydroxylation sites is 1. The van der Waals surface area contributed by atoms with Gasteiger partial charge in [0.1, 0.15) is 17.0 Å². The second-order valence-electron chi connectivity index (χ2n) is 6.44. The number of amides is 1. The van der Waals surface area contributed by atoms with Crippen molar-refractivity contribution in [3.63, 3.8) is 0 Å². The van der Waals surface area contributed by atoms with Crippen molar-refractivity contribution in [3.05, 3.63) is 54.0 Å². The Hall–Kier alpha value is -2.31. The maximum absolute atomic E-state index is 12.3. The molecule has 0 aliphatic carbocycles. The highest BCUT2D eigenvalue weighted by Gasteiger charge is 2.17. The molecule has 7 heteroatoms. The summed E-state index contributed by atoms with van der Waals surface area (Å²) in [5, 5.41) is 11.8. The van der Waals surface area contributed by atoms with Crippen LogP contribution < -0.4 is 10.6 Å². The lowest BCUT2D eigenvalue weighted by molar-refractivity contribution is 0.0947. The van der Waals surface area contributed by atoms with E-state index in [-0.39, 0.29) is 18.3 Å². The van der Waals surface area contributed by atoms with Gasteiger partial charge in [-0.15, -0.1) is 12.4 Å². The number of carbonyl (C=O) groups is 1. The van der Waals surface area contributed by atoms with Crippen LogP contribution >= 0.6 is 12.4 Å². The molecule has 1 unspecified atom stereocenters. The third-order valence-corrected chi connectivity index (χ3v) is 4.62. The minimum atomic E-state index is -0.140. The molecule has 0 saturated carbocycles. The summed E-state index contributed by atoms with van der Waals surface area (Å²) in [6, 6.07) is 12.1. The lowest BCUT2D eigenvalue weighted by Gasteiger charge is -2.22. The van der Waals surface area contributed by atoms with Crippen molar-refractivity contribution in [2.24, 2.45) is 0 Å².